The molecule has 2 rings (SSSR count). The lowest BCUT2D eigenvalue weighted by atomic mass is 10.2. The van der Waals surface area contributed by atoms with Crippen molar-refractivity contribution in [2.24, 2.45) is 0 Å². The normalized spacial score (nSPS) is 11.6. The van der Waals surface area contributed by atoms with Gasteiger partial charge >= 0.3 is 0 Å². The Kier molecular flexibility index (Phi) is 5.22. The first-order valence-electron chi connectivity index (χ1n) is 6.56. The van der Waals surface area contributed by atoms with Crippen molar-refractivity contribution in [1.82, 2.24) is 0 Å². The number of halogens is 2. The zero-order valence-electron chi connectivity index (χ0n) is 12.1. The Bertz CT molecular complexity index is 678. The SMILES string of the molecule is COc1ccc(NC(=O)C(C)Oc2cccc(F)c2)c(Cl)c1. The van der Waals surface area contributed by atoms with Crippen molar-refractivity contribution < 1.29 is 18.7 Å². The van der Waals surface area contributed by atoms with Gasteiger partial charge in [-0.1, -0.05) is 17.7 Å². The quantitative estimate of drug-likeness (QED) is 0.908. The van der Waals surface area contributed by atoms with Gasteiger partial charge in [-0.3, -0.25) is 4.79 Å². The third kappa shape index (κ3) is 4.11. The summed E-state index contributed by atoms with van der Waals surface area (Å²) in [7, 11) is 1.53. The van der Waals surface area contributed by atoms with Crippen LogP contribution in [0.2, 0.25) is 5.02 Å². The Morgan fingerprint density at radius 1 is 1.23 bits per heavy atom. The summed E-state index contributed by atoms with van der Waals surface area (Å²) < 4.78 is 23.5. The maximum absolute atomic E-state index is 13.1. The number of carbonyl (C=O) groups is 1. The number of nitrogens with one attached hydrogen (secondary N) is 1. The fraction of sp³-hybridized carbons (Fsp3) is 0.188. The average Bonchev–Trinajstić information content (AvgIpc) is 2.49. The third-order valence-corrected chi connectivity index (χ3v) is 3.22. The van der Waals surface area contributed by atoms with Gasteiger partial charge in [0.05, 0.1) is 17.8 Å². The van der Waals surface area contributed by atoms with Gasteiger partial charge in [0, 0.05) is 12.1 Å². The van der Waals surface area contributed by atoms with E-state index in [0.29, 0.717) is 16.5 Å². The largest absolute Gasteiger partial charge is 0.497 e. The van der Waals surface area contributed by atoms with E-state index in [4.69, 9.17) is 21.1 Å². The molecular weight excluding hydrogens is 309 g/mol. The Morgan fingerprint density at radius 2 is 2.00 bits per heavy atom. The summed E-state index contributed by atoms with van der Waals surface area (Å²) in [6, 6.07) is 10.5. The molecule has 6 heteroatoms. The average molecular weight is 324 g/mol. The van der Waals surface area contributed by atoms with Gasteiger partial charge in [0.2, 0.25) is 0 Å². The standard InChI is InChI=1S/C16H15ClFNO3/c1-10(22-13-5-3-4-11(18)8-13)16(20)19-15-7-6-12(21-2)9-14(15)17/h3-10H,1-2H3,(H,19,20). The van der Waals surface area contributed by atoms with Gasteiger partial charge in [-0.15, -0.1) is 0 Å². The summed E-state index contributed by atoms with van der Waals surface area (Å²) in [6.45, 7) is 1.57. The fourth-order valence-electron chi connectivity index (χ4n) is 1.76. The summed E-state index contributed by atoms with van der Waals surface area (Å²) in [5.41, 5.74) is 0.446. The Hall–Kier alpha value is -2.27. The monoisotopic (exact) mass is 323 g/mol. The Balaban J connectivity index is 2.02. The maximum Gasteiger partial charge on any atom is 0.265 e. The number of hydrogen-bond donors (Lipinski definition) is 1. The van der Waals surface area contributed by atoms with Crippen molar-refractivity contribution >= 4 is 23.2 Å². The van der Waals surface area contributed by atoms with Crippen molar-refractivity contribution in [2.45, 2.75) is 13.0 Å². The van der Waals surface area contributed by atoms with Crippen molar-refractivity contribution in [3.05, 3.63) is 53.3 Å². The molecule has 2 aromatic rings. The molecule has 0 saturated carbocycles. The molecule has 1 amide bonds. The van der Waals surface area contributed by atoms with Crippen LogP contribution >= 0.6 is 11.6 Å². The first-order valence-corrected chi connectivity index (χ1v) is 6.94. The molecule has 1 N–H and O–H groups in total. The molecule has 0 fully saturated rings. The van der Waals surface area contributed by atoms with E-state index < -0.39 is 17.8 Å². The third-order valence-electron chi connectivity index (χ3n) is 2.91. The molecule has 0 spiro atoms. The number of carbonyl (C=O) groups excluding carboxylic acids is 1. The summed E-state index contributed by atoms with van der Waals surface area (Å²) in [5.74, 6) is 0.0511. The van der Waals surface area contributed by atoms with Crippen LogP contribution in [-0.2, 0) is 4.79 Å². The zero-order chi connectivity index (χ0) is 16.1. The molecule has 0 heterocycles. The highest BCUT2D eigenvalue weighted by molar-refractivity contribution is 6.33. The van der Waals surface area contributed by atoms with Gasteiger partial charge in [-0.2, -0.15) is 0 Å². The molecule has 0 aliphatic carbocycles. The molecule has 4 nitrogen and oxygen atoms in total. The predicted octanol–water partition coefficient (Wildman–Crippen LogP) is 3.89. The van der Waals surface area contributed by atoms with Gasteiger partial charge in [0.15, 0.2) is 6.10 Å². The van der Waals surface area contributed by atoms with E-state index in [1.54, 1.807) is 31.2 Å². The molecule has 0 aliphatic heterocycles. The van der Waals surface area contributed by atoms with Gasteiger partial charge in [0.1, 0.15) is 17.3 Å². The minimum Gasteiger partial charge on any atom is -0.497 e. The molecular formula is C16H15ClFNO3. The van der Waals surface area contributed by atoms with Crippen LogP contribution in [-0.4, -0.2) is 19.1 Å². The lowest BCUT2D eigenvalue weighted by molar-refractivity contribution is -0.122. The number of ether oxygens (including phenoxy) is 2. The second-order valence-electron chi connectivity index (χ2n) is 4.55. The van der Waals surface area contributed by atoms with E-state index in [-0.39, 0.29) is 5.75 Å². The van der Waals surface area contributed by atoms with Gasteiger partial charge < -0.3 is 14.8 Å². The van der Waals surface area contributed by atoms with Crippen LogP contribution in [0.15, 0.2) is 42.5 Å². The number of rotatable bonds is 5. The topological polar surface area (TPSA) is 47.6 Å². The van der Waals surface area contributed by atoms with Gasteiger partial charge in [-0.25, -0.2) is 4.39 Å². The second-order valence-corrected chi connectivity index (χ2v) is 4.96. The first kappa shape index (κ1) is 16.1. The number of methoxy groups -OCH3 is 1. The lowest BCUT2D eigenvalue weighted by Crippen LogP contribution is -2.30. The molecule has 0 radical (unpaired) electrons. The molecule has 0 saturated heterocycles. The molecule has 1 atom stereocenters. The van der Waals surface area contributed by atoms with E-state index in [9.17, 15) is 9.18 Å². The zero-order valence-corrected chi connectivity index (χ0v) is 12.9. The van der Waals surface area contributed by atoms with Crippen LogP contribution in [0.5, 0.6) is 11.5 Å². The molecule has 22 heavy (non-hydrogen) atoms. The highest BCUT2D eigenvalue weighted by Gasteiger charge is 2.16. The lowest BCUT2D eigenvalue weighted by Gasteiger charge is -2.15. The van der Waals surface area contributed by atoms with Crippen LogP contribution in [0.3, 0.4) is 0 Å². The summed E-state index contributed by atoms with van der Waals surface area (Å²) in [6.07, 6.45) is -0.806. The van der Waals surface area contributed by atoms with Crippen LogP contribution < -0.4 is 14.8 Å². The van der Waals surface area contributed by atoms with E-state index in [1.165, 1.54) is 25.3 Å². The van der Waals surface area contributed by atoms with Crippen molar-refractivity contribution in [2.75, 3.05) is 12.4 Å². The molecule has 0 aliphatic rings. The predicted molar refractivity (Wildman–Crippen MR) is 83.1 cm³/mol. The number of benzene rings is 2. The Morgan fingerprint density at radius 3 is 2.64 bits per heavy atom. The smallest absolute Gasteiger partial charge is 0.265 e. The molecule has 1 unspecified atom stereocenters. The highest BCUT2D eigenvalue weighted by atomic mass is 35.5. The van der Waals surface area contributed by atoms with Crippen molar-refractivity contribution in [1.29, 1.82) is 0 Å². The van der Waals surface area contributed by atoms with Crippen molar-refractivity contribution in [3.63, 3.8) is 0 Å². The minimum absolute atomic E-state index is 0.281. The van der Waals surface area contributed by atoms with E-state index in [0.717, 1.165) is 0 Å². The van der Waals surface area contributed by atoms with E-state index in [2.05, 4.69) is 5.32 Å². The van der Waals surface area contributed by atoms with Gasteiger partial charge in [0.25, 0.3) is 5.91 Å². The van der Waals surface area contributed by atoms with Gasteiger partial charge in [-0.05, 0) is 31.2 Å². The van der Waals surface area contributed by atoms with Crippen molar-refractivity contribution in [3.8, 4) is 11.5 Å². The number of anilines is 1. The molecule has 0 bridgehead atoms. The number of hydrogen-bond acceptors (Lipinski definition) is 3. The Labute approximate surface area is 132 Å². The van der Waals surface area contributed by atoms with Crippen LogP contribution in [0.25, 0.3) is 0 Å². The second kappa shape index (κ2) is 7.13. The fourth-order valence-corrected chi connectivity index (χ4v) is 1.97. The van der Waals surface area contributed by atoms with Crippen LogP contribution in [0.4, 0.5) is 10.1 Å². The minimum atomic E-state index is -0.806. The molecule has 116 valence electrons. The van der Waals surface area contributed by atoms with Crippen LogP contribution in [0.1, 0.15) is 6.92 Å². The summed E-state index contributed by atoms with van der Waals surface area (Å²) in [5, 5.41) is 3.00. The number of amides is 1. The first-order chi connectivity index (χ1) is 10.5. The molecule has 0 aromatic heterocycles. The van der Waals surface area contributed by atoms with Crippen LogP contribution in [0, 0.1) is 5.82 Å². The van der Waals surface area contributed by atoms with E-state index in [1.807, 2.05) is 0 Å². The molecule has 2 aromatic carbocycles. The summed E-state index contributed by atoms with van der Waals surface area (Å²) in [4.78, 5) is 12.1. The summed E-state index contributed by atoms with van der Waals surface area (Å²) >= 11 is 6.05. The van der Waals surface area contributed by atoms with E-state index >= 15 is 0 Å². The maximum atomic E-state index is 13.1. The highest BCUT2D eigenvalue weighted by Crippen LogP contribution is 2.26.